The van der Waals surface area contributed by atoms with Crippen molar-refractivity contribution in [3.63, 3.8) is 0 Å². The number of amides is 10. The van der Waals surface area contributed by atoms with Crippen molar-refractivity contribution in [1.29, 1.82) is 0 Å². The number of methoxy groups -OCH3 is 1. The lowest BCUT2D eigenvalue weighted by Gasteiger charge is -2.38. The molecular formula is C59H63F5N9O14PS. The van der Waals surface area contributed by atoms with Crippen LogP contribution in [0.3, 0.4) is 0 Å². The monoisotopic (exact) mass is 1280 g/mol. The highest BCUT2D eigenvalue weighted by Crippen LogP contribution is 2.59. The number of hydrogen-bond donors (Lipinski definition) is 7. The minimum atomic E-state index is -5.95. The number of thiophene rings is 1. The molecule has 9 rings (SSSR count). The number of ether oxygens (including phenoxy) is 1. The molecule has 5 aliphatic heterocycles. The molecule has 0 aliphatic carbocycles. The second kappa shape index (κ2) is 26.8. The van der Waals surface area contributed by atoms with Crippen LogP contribution in [0, 0.1) is 17.8 Å². The van der Waals surface area contributed by atoms with Gasteiger partial charge in [-0.05, 0) is 116 Å². The fourth-order valence-corrected chi connectivity index (χ4v) is 13.4. The van der Waals surface area contributed by atoms with Crippen LogP contribution < -0.4 is 27.0 Å². The molecule has 6 heterocycles. The summed E-state index contributed by atoms with van der Waals surface area (Å²) in [5.74, 6) is 0.142. The second-order valence-electron chi connectivity index (χ2n) is 22.5. The van der Waals surface area contributed by atoms with E-state index < -0.39 is 140 Å². The summed E-state index contributed by atoms with van der Waals surface area (Å²) in [5.41, 5.74) is 0.967. The maximum atomic E-state index is 14.8. The van der Waals surface area contributed by atoms with E-state index in [9.17, 15) is 84.2 Å². The highest BCUT2D eigenvalue weighted by molar-refractivity contribution is 7.52. The summed E-state index contributed by atoms with van der Waals surface area (Å²) in [5, 5.41) is 10.2. The fraction of sp³-hybridized carbons (Fsp3) is 0.458. The molecule has 0 bridgehead atoms. The Balaban J connectivity index is 0.877. The van der Waals surface area contributed by atoms with E-state index in [2.05, 4.69) is 33.1 Å². The van der Waals surface area contributed by atoms with Crippen LogP contribution >= 0.6 is 18.9 Å². The highest BCUT2D eigenvalue weighted by Gasteiger charge is 2.51. The van der Waals surface area contributed by atoms with E-state index in [0.717, 1.165) is 48.8 Å². The average molecular weight is 1280 g/mol. The van der Waals surface area contributed by atoms with Crippen LogP contribution in [-0.2, 0) is 67.7 Å². The molecular weight excluding hydrogens is 1220 g/mol. The van der Waals surface area contributed by atoms with E-state index in [1.54, 1.807) is 18.2 Å². The Bertz CT molecular complexity index is 3600. The molecule has 10 amide bonds. The van der Waals surface area contributed by atoms with Gasteiger partial charge in [-0.15, -0.1) is 11.3 Å². The maximum Gasteiger partial charge on any atom is 0.416 e. The molecule has 4 saturated heterocycles. The fourth-order valence-electron chi connectivity index (χ4n) is 11.9. The average Bonchev–Trinajstić information content (AvgIpc) is 1.75. The van der Waals surface area contributed by atoms with E-state index in [1.807, 2.05) is 0 Å². The van der Waals surface area contributed by atoms with Crippen molar-refractivity contribution >= 4 is 88.3 Å². The van der Waals surface area contributed by atoms with Gasteiger partial charge in [-0.1, -0.05) is 36.1 Å². The van der Waals surface area contributed by atoms with Crippen LogP contribution in [0.25, 0.3) is 10.1 Å². The minimum Gasteiger partial charge on any atom is -0.453 e. The Hall–Kier alpha value is -8.32. The quantitative estimate of drug-likeness (QED) is 0.0334. The summed E-state index contributed by atoms with van der Waals surface area (Å²) in [6.45, 7) is 0.111. The molecule has 4 fully saturated rings. The smallest absolute Gasteiger partial charge is 0.416 e. The molecule has 8 N–H and O–H groups in total. The lowest BCUT2D eigenvalue weighted by molar-refractivity contribution is -0.144. The predicted octanol–water partition coefficient (Wildman–Crippen LogP) is 4.39. The Morgan fingerprint density at radius 2 is 1.57 bits per heavy atom. The summed E-state index contributed by atoms with van der Waals surface area (Å²) in [7, 11) is -4.84. The summed E-state index contributed by atoms with van der Waals surface area (Å²) >= 11 is 0.802. The van der Waals surface area contributed by atoms with Crippen molar-refractivity contribution in [2.24, 2.45) is 11.7 Å². The summed E-state index contributed by atoms with van der Waals surface area (Å²) < 4.78 is 87.0. The summed E-state index contributed by atoms with van der Waals surface area (Å²) in [6.07, 6.45) is -3.91. The number of rotatable bonds is 17. The molecule has 0 spiro atoms. The second-order valence-corrected chi connectivity index (χ2v) is 25.3. The molecule has 23 nitrogen and oxygen atoms in total. The predicted molar refractivity (Wildman–Crippen MR) is 307 cm³/mol. The Labute approximate surface area is 509 Å². The van der Waals surface area contributed by atoms with Crippen molar-refractivity contribution in [3.05, 3.63) is 105 Å². The number of nitrogens with one attached hydrogen (secondary N) is 4. The van der Waals surface area contributed by atoms with Crippen LogP contribution in [0.4, 0.5) is 26.7 Å². The van der Waals surface area contributed by atoms with Crippen molar-refractivity contribution in [2.45, 2.75) is 132 Å². The standard InChI is InChI=1S/C59H63F5N9O14PS/c1-87-57(83)71-26-23-38-14-16-45(73(38)56(82)43(31-71)68-53(79)47-29-35-28-37(13-18-46(35)89-47)59(63,64)88(84,85)86)52(78)66-41(15-19-48(65)74)50(76)67-42(27-33-9-11-36(12-10-33)58(60,61)62)55(81)70-24-21-32(22-25-70)5-2-3-6-34-7-4-8-39-40(34)30-72(54(39)80)44-17-20-49(75)69-51(44)77/h4,7-13,18,28-29,32,38,41-45H,2,5,14-17,19-27,30-31H2,1H3,(H2,65,74)(H,66,78)(H,67,76)(H,68,79)(H,69,75,77)(H2,84,85,86)/t38-,41+,42+,43+,44?,45+/m1/s1. The summed E-state index contributed by atoms with van der Waals surface area (Å²) in [6, 6.07) is 5.68. The molecule has 6 atom stereocenters. The minimum absolute atomic E-state index is 0.00471. The third-order valence-corrected chi connectivity index (χ3v) is 18.8. The first-order valence-electron chi connectivity index (χ1n) is 28.6. The molecule has 1 unspecified atom stereocenters. The van der Waals surface area contributed by atoms with Gasteiger partial charge in [-0.3, -0.25) is 53.0 Å². The van der Waals surface area contributed by atoms with Gasteiger partial charge < -0.3 is 55.8 Å². The van der Waals surface area contributed by atoms with E-state index in [4.69, 9.17) is 10.5 Å². The van der Waals surface area contributed by atoms with Crippen LogP contribution in [0.5, 0.6) is 0 Å². The van der Waals surface area contributed by atoms with Crippen LogP contribution in [0.15, 0.2) is 66.7 Å². The van der Waals surface area contributed by atoms with E-state index in [1.165, 1.54) is 37.8 Å². The van der Waals surface area contributed by atoms with Crippen molar-refractivity contribution < 1.29 is 89.0 Å². The van der Waals surface area contributed by atoms with Crippen LogP contribution in [0.2, 0.25) is 0 Å². The number of nitrogens with zero attached hydrogens (tertiary/aromatic N) is 4. The van der Waals surface area contributed by atoms with E-state index in [0.29, 0.717) is 42.4 Å². The normalized spacial score (nSPS) is 20.7. The number of hydrogen-bond acceptors (Lipinski definition) is 13. The molecule has 0 saturated carbocycles. The number of piperidine rings is 2. The molecule has 1 aromatic heterocycles. The topological polar surface area (TPSA) is 325 Å². The SMILES string of the molecule is COC(=O)N1CC[C@H]2CC[C@@H](C(=O)N[C@@H](CCC(N)=O)C(=O)N[C@@H](Cc3ccc(C(F)(F)F)cc3)C(=O)N3CCC(CCC#Cc4cccc5c4CN(C4CCC(=O)NC4=O)C5=O)CC3)N2C(=O)[C@@H](NC(=O)c2cc3cc(C(F)(F)P(=O)(O)O)ccc3s2)C1. The first-order chi connectivity index (χ1) is 42.1. The number of primary amides is 1. The molecule has 30 heteroatoms. The summed E-state index contributed by atoms with van der Waals surface area (Å²) in [4.78, 5) is 159. The van der Waals surface area contributed by atoms with Gasteiger partial charge in [0.05, 0.1) is 24.1 Å². The van der Waals surface area contributed by atoms with Crippen molar-refractivity contribution in [2.75, 3.05) is 33.3 Å². The Morgan fingerprint density at radius 1 is 0.865 bits per heavy atom. The molecule has 89 heavy (non-hydrogen) atoms. The number of imide groups is 1. The molecule has 0 radical (unpaired) electrons. The van der Waals surface area contributed by atoms with Gasteiger partial charge in [0, 0.05) is 79.3 Å². The van der Waals surface area contributed by atoms with Gasteiger partial charge in [0.15, 0.2) is 0 Å². The molecule has 5 aliphatic rings. The van der Waals surface area contributed by atoms with Crippen LogP contribution in [0.1, 0.15) is 118 Å². The van der Waals surface area contributed by atoms with Gasteiger partial charge in [0.25, 0.3) is 11.8 Å². The number of carbonyl (C=O) groups is 10. The number of carbonyl (C=O) groups excluding carboxylic acids is 10. The van der Waals surface area contributed by atoms with Crippen molar-refractivity contribution in [3.8, 4) is 11.8 Å². The lowest BCUT2D eigenvalue weighted by Crippen LogP contribution is -2.62. The zero-order chi connectivity index (χ0) is 64.3. The van der Waals surface area contributed by atoms with E-state index in [-0.39, 0.29) is 97.1 Å². The zero-order valence-corrected chi connectivity index (χ0v) is 49.5. The van der Waals surface area contributed by atoms with Gasteiger partial charge in [0.2, 0.25) is 41.4 Å². The largest absolute Gasteiger partial charge is 0.453 e. The molecule has 4 aromatic rings. The third-order valence-electron chi connectivity index (χ3n) is 16.7. The number of alkyl halides is 5. The van der Waals surface area contributed by atoms with Crippen molar-refractivity contribution in [1.82, 2.24) is 40.9 Å². The van der Waals surface area contributed by atoms with Gasteiger partial charge in [-0.2, -0.15) is 22.0 Å². The van der Waals surface area contributed by atoms with E-state index >= 15 is 0 Å². The maximum absolute atomic E-state index is 14.8. The Kier molecular flexibility index (Phi) is 19.6. The van der Waals surface area contributed by atoms with Crippen LogP contribution in [-0.4, -0.2) is 158 Å². The molecule has 3 aromatic carbocycles. The third kappa shape index (κ3) is 14.7. The lowest BCUT2D eigenvalue weighted by atomic mass is 9.91. The number of benzene rings is 3. The highest BCUT2D eigenvalue weighted by atomic mass is 32.1. The van der Waals surface area contributed by atoms with Gasteiger partial charge in [-0.25, -0.2) is 4.79 Å². The first kappa shape index (κ1) is 65.1. The Morgan fingerprint density at radius 3 is 2.25 bits per heavy atom. The number of halogens is 5. The molecule has 474 valence electrons. The van der Waals surface area contributed by atoms with Gasteiger partial charge >= 0.3 is 25.5 Å². The van der Waals surface area contributed by atoms with Gasteiger partial charge in [0.1, 0.15) is 30.2 Å². The zero-order valence-electron chi connectivity index (χ0n) is 47.8. The first-order valence-corrected chi connectivity index (χ1v) is 31.1. The number of likely N-dealkylation sites (tertiary alicyclic amines) is 1. The number of fused-ring (bicyclic) bond motifs is 3. The number of nitrogens with two attached hydrogens (primary N) is 1.